The lowest BCUT2D eigenvalue weighted by Crippen LogP contribution is -2.38. The van der Waals surface area contributed by atoms with Crippen LogP contribution in [0.15, 0.2) is 35.4 Å². The first-order valence-corrected chi connectivity index (χ1v) is 13.1. The number of carbonyl (C=O) groups excluding carboxylic acids is 2. The minimum atomic E-state index is -1.08. The zero-order chi connectivity index (χ0) is 29.4. The number of carbonyl (C=O) groups is 2. The van der Waals surface area contributed by atoms with E-state index >= 15 is 0 Å². The molecule has 5 N–H and O–H groups in total. The van der Waals surface area contributed by atoms with Crippen molar-refractivity contribution in [3.8, 4) is 0 Å². The zero-order valence-electron chi connectivity index (χ0n) is 23.9. The molecule has 0 aliphatic carbocycles. The molecule has 39 heavy (non-hydrogen) atoms. The summed E-state index contributed by atoms with van der Waals surface area (Å²) >= 11 is 0. The monoisotopic (exact) mass is 550 g/mol. The van der Waals surface area contributed by atoms with Gasteiger partial charge in [-0.25, -0.2) is 9.18 Å². The third kappa shape index (κ3) is 8.60. The molecule has 218 valence electrons. The minimum absolute atomic E-state index is 0.219. The number of fused-ring (bicyclic) bond motifs is 2. The molecule has 0 spiro atoms. The molecule has 7 atom stereocenters. The van der Waals surface area contributed by atoms with Gasteiger partial charge in [-0.15, -0.1) is 0 Å². The van der Waals surface area contributed by atoms with Crippen LogP contribution in [0.1, 0.15) is 64.2 Å². The van der Waals surface area contributed by atoms with E-state index in [2.05, 4.69) is 5.32 Å². The second-order valence-corrected chi connectivity index (χ2v) is 10.4. The summed E-state index contributed by atoms with van der Waals surface area (Å²) in [4.78, 5) is 24.5. The Labute approximate surface area is 230 Å². The van der Waals surface area contributed by atoms with Crippen LogP contribution in [-0.4, -0.2) is 60.8 Å². The first-order valence-electron chi connectivity index (χ1n) is 13.1. The molecule has 1 aromatic carbocycles. The number of aliphatic hydroxyl groups excluding tert-OH is 2. The van der Waals surface area contributed by atoms with Crippen LogP contribution in [0.3, 0.4) is 0 Å². The highest BCUT2D eigenvalue weighted by atomic mass is 19.1. The Morgan fingerprint density at radius 2 is 1.74 bits per heavy atom. The molecule has 1 aliphatic rings. The van der Waals surface area contributed by atoms with E-state index < -0.39 is 60.2 Å². The summed E-state index contributed by atoms with van der Waals surface area (Å²) in [5.74, 6) is -1.83. The van der Waals surface area contributed by atoms with Crippen molar-refractivity contribution in [2.75, 3.05) is 19.5 Å². The molecule has 0 radical (unpaired) electrons. The fraction of sp³-hybridized carbons (Fsp3) is 0.586. The van der Waals surface area contributed by atoms with Gasteiger partial charge in [0.2, 0.25) is 0 Å². The predicted octanol–water partition coefficient (Wildman–Crippen LogP) is 4.31. The van der Waals surface area contributed by atoms with Gasteiger partial charge in [0.15, 0.2) is 6.10 Å². The maximum absolute atomic E-state index is 14.8. The van der Waals surface area contributed by atoms with Crippen LogP contribution in [0, 0.1) is 24.6 Å². The smallest absolute Gasteiger partial charge is 0.405 e. The third-order valence-corrected chi connectivity index (χ3v) is 7.44. The summed E-state index contributed by atoms with van der Waals surface area (Å²) in [6, 6.07) is 2.78. The van der Waals surface area contributed by atoms with Gasteiger partial charge < -0.3 is 35.5 Å². The maximum Gasteiger partial charge on any atom is 0.405 e. The van der Waals surface area contributed by atoms with E-state index in [9.17, 15) is 24.2 Å². The molecule has 9 nitrogen and oxygen atoms in total. The summed E-state index contributed by atoms with van der Waals surface area (Å²) in [5, 5.41) is 25.0. The molecule has 0 fully saturated rings. The Bertz CT molecular complexity index is 1070. The molecule has 0 saturated carbocycles. The van der Waals surface area contributed by atoms with Crippen LogP contribution >= 0.6 is 0 Å². The molecule has 0 unspecified atom stereocenters. The Hall–Kier alpha value is -2.79. The van der Waals surface area contributed by atoms with Gasteiger partial charge in [0, 0.05) is 31.4 Å². The fourth-order valence-electron chi connectivity index (χ4n) is 4.97. The summed E-state index contributed by atoms with van der Waals surface area (Å²) in [7, 11) is 2.96. The number of ether oxygens (including phenoxy) is 3. The van der Waals surface area contributed by atoms with E-state index in [-0.39, 0.29) is 17.7 Å². The fourth-order valence-corrected chi connectivity index (χ4v) is 4.97. The number of hydrogen-bond acceptors (Lipinski definition) is 7. The van der Waals surface area contributed by atoms with Crippen molar-refractivity contribution in [1.29, 1.82) is 0 Å². The topological polar surface area (TPSA) is 140 Å². The second kappa shape index (κ2) is 14.6. The summed E-state index contributed by atoms with van der Waals surface area (Å²) in [6.45, 7) is 8.56. The standard InChI is InChI=1S/C29H43FN2O7/c1-15-9-8-10-23(37-6)27(39-29(31)36)18(4)11-16(2)26(34)24(38-7)12-17(3)25(33)21-13-20(32-28(15)35)14-22(30)19(21)5/h9,11,13-14,16-17,23-27,33-34H,8,10,12H2,1-7H3,(H2,31,36)(H,32,35)/b15-9+,18-11+/t16-,17-,23-,24-,25+,26+,27-/m0/s1. The predicted molar refractivity (Wildman–Crippen MR) is 146 cm³/mol. The van der Waals surface area contributed by atoms with Crippen LogP contribution in [0.2, 0.25) is 0 Å². The number of methoxy groups -OCH3 is 2. The number of nitrogens with one attached hydrogen (secondary N) is 1. The van der Waals surface area contributed by atoms with Crippen molar-refractivity contribution < 1.29 is 38.4 Å². The van der Waals surface area contributed by atoms with Gasteiger partial charge in [-0.1, -0.05) is 26.0 Å². The van der Waals surface area contributed by atoms with Gasteiger partial charge >= 0.3 is 6.09 Å². The van der Waals surface area contributed by atoms with Gasteiger partial charge in [0.25, 0.3) is 5.91 Å². The lowest BCUT2D eigenvalue weighted by Gasteiger charge is -2.31. The first-order chi connectivity index (χ1) is 18.3. The number of amides is 2. The molecule has 2 rings (SSSR count). The van der Waals surface area contributed by atoms with Crippen molar-refractivity contribution in [3.05, 3.63) is 52.4 Å². The average molecular weight is 551 g/mol. The number of anilines is 1. The minimum Gasteiger partial charge on any atom is -0.439 e. The highest BCUT2D eigenvalue weighted by molar-refractivity contribution is 6.03. The van der Waals surface area contributed by atoms with Crippen molar-refractivity contribution >= 4 is 17.7 Å². The van der Waals surface area contributed by atoms with Gasteiger partial charge in [0.05, 0.1) is 24.4 Å². The van der Waals surface area contributed by atoms with E-state index in [4.69, 9.17) is 19.9 Å². The largest absolute Gasteiger partial charge is 0.439 e. The van der Waals surface area contributed by atoms with Gasteiger partial charge in [-0.2, -0.15) is 0 Å². The Kier molecular flexibility index (Phi) is 12.1. The Balaban J connectivity index is 2.56. The van der Waals surface area contributed by atoms with E-state index in [0.29, 0.717) is 29.6 Å². The number of rotatable bonds is 3. The number of nitrogens with two attached hydrogens (primary N) is 1. The second-order valence-electron chi connectivity index (χ2n) is 10.4. The van der Waals surface area contributed by atoms with Crippen LogP contribution in [0.25, 0.3) is 0 Å². The first kappa shape index (κ1) is 32.4. The van der Waals surface area contributed by atoms with Crippen LogP contribution < -0.4 is 11.1 Å². The molecule has 10 heteroatoms. The van der Waals surface area contributed by atoms with Gasteiger partial charge in [-0.3, -0.25) is 4.79 Å². The average Bonchev–Trinajstić information content (AvgIpc) is 2.88. The third-order valence-electron chi connectivity index (χ3n) is 7.44. The molecule has 0 saturated heterocycles. The molecule has 2 bridgehead atoms. The van der Waals surface area contributed by atoms with Crippen molar-refractivity contribution in [3.63, 3.8) is 0 Å². The summed E-state index contributed by atoms with van der Waals surface area (Å²) < 4.78 is 31.4. The number of hydrogen-bond donors (Lipinski definition) is 4. The Morgan fingerprint density at radius 1 is 1.10 bits per heavy atom. The molecular weight excluding hydrogens is 507 g/mol. The molecule has 1 aliphatic heterocycles. The van der Waals surface area contributed by atoms with E-state index in [1.54, 1.807) is 52.8 Å². The van der Waals surface area contributed by atoms with E-state index in [1.165, 1.54) is 20.3 Å². The lowest BCUT2D eigenvalue weighted by atomic mass is 9.85. The summed E-state index contributed by atoms with van der Waals surface area (Å²) in [6.07, 6.45) is -0.496. The molecular formula is C29H43FN2O7. The van der Waals surface area contributed by atoms with Crippen molar-refractivity contribution in [2.45, 2.75) is 84.4 Å². The van der Waals surface area contributed by atoms with Crippen molar-refractivity contribution in [2.24, 2.45) is 17.6 Å². The normalized spacial score (nSPS) is 32.4. The number of allylic oxidation sites excluding steroid dienone is 1. The molecule has 1 heterocycles. The number of benzene rings is 1. The van der Waals surface area contributed by atoms with Crippen LogP contribution in [-0.2, 0) is 19.0 Å². The highest BCUT2D eigenvalue weighted by Gasteiger charge is 2.32. The molecule has 2 amide bonds. The van der Waals surface area contributed by atoms with Crippen LogP contribution in [0.4, 0.5) is 14.9 Å². The highest BCUT2D eigenvalue weighted by Crippen LogP contribution is 2.33. The van der Waals surface area contributed by atoms with E-state index in [1.807, 2.05) is 0 Å². The number of halogens is 1. The lowest BCUT2D eigenvalue weighted by molar-refractivity contribution is -0.112. The van der Waals surface area contributed by atoms with Crippen LogP contribution in [0.5, 0.6) is 0 Å². The molecule has 0 aromatic heterocycles. The zero-order valence-corrected chi connectivity index (χ0v) is 23.9. The number of primary amides is 1. The maximum atomic E-state index is 14.8. The van der Waals surface area contributed by atoms with E-state index in [0.717, 1.165) is 0 Å². The van der Waals surface area contributed by atoms with Gasteiger partial charge in [0.1, 0.15) is 5.82 Å². The molecule has 1 aromatic rings. The Morgan fingerprint density at radius 3 is 2.33 bits per heavy atom. The SMILES string of the molecule is CO[C@H]1C[C@H](C)[C@@H](O)c2cc(cc(F)c2C)NC(=O)/C(C)=C/CC[C@H](OC)[C@@H](OC(N)=O)/C(C)=C/[C@H](C)[C@H]1O. The summed E-state index contributed by atoms with van der Waals surface area (Å²) in [5.41, 5.74) is 7.22. The quantitative estimate of drug-likeness (QED) is 0.411. The van der Waals surface area contributed by atoms with Gasteiger partial charge in [-0.05, 0) is 74.8 Å². The number of aliphatic hydroxyl groups is 2. The van der Waals surface area contributed by atoms with Crippen molar-refractivity contribution in [1.82, 2.24) is 0 Å².